The minimum Gasteiger partial charge on any atom is -0.444 e. The lowest BCUT2D eigenvalue weighted by atomic mass is 9.79. The predicted molar refractivity (Wildman–Crippen MR) is 106 cm³/mol. The normalized spacial score (nSPS) is 19.9. The molecule has 8 heteroatoms. The number of ether oxygens (including phenoxy) is 1. The van der Waals surface area contributed by atoms with Gasteiger partial charge in [-0.15, -0.1) is 0 Å². The van der Waals surface area contributed by atoms with Crippen molar-refractivity contribution in [3.63, 3.8) is 0 Å². The minimum atomic E-state index is -1.23. The zero-order valence-corrected chi connectivity index (χ0v) is 17.1. The van der Waals surface area contributed by atoms with Gasteiger partial charge in [0.15, 0.2) is 11.6 Å². The summed E-state index contributed by atoms with van der Waals surface area (Å²) < 4.78 is 35.1. The second kappa shape index (κ2) is 7.65. The number of fused-ring (bicyclic) bond motifs is 1. The van der Waals surface area contributed by atoms with Crippen LogP contribution in [0.5, 0.6) is 0 Å². The van der Waals surface area contributed by atoms with Gasteiger partial charge in [0.2, 0.25) is 0 Å². The van der Waals surface area contributed by atoms with Crippen molar-refractivity contribution in [1.29, 1.82) is 0 Å². The number of nitrogens with two attached hydrogens (primary N) is 1. The van der Waals surface area contributed by atoms with E-state index in [1.807, 2.05) is 0 Å². The molecule has 4 N–H and O–H groups in total. The number of carbonyl (C=O) groups is 2. The molecule has 3 rings (SSSR count). The van der Waals surface area contributed by atoms with E-state index in [4.69, 9.17) is 10.5 Å². The largest absolute Gasteiger partial charge is 0.444 e. The molecular weight excluding hydrogens is 380 g/mol. The molecule has 0 saturated heterocycles. The lowest BCUT2D eigenvalue weighted by Crippen LogP contribution is -2.41. The fourth-order valence-corrected chi connectivity index (χ4v) is 4.14. The van der Waals surface area contributed by atoms with E-state index in [2.05, 4.69) is 10.3 Å². The van der Waals surface area contributed by atoms with Crippen LogP contribution in [-0.2, 0) is 4.74 Å². The molecule has 6 nitrogen and oxygen atoms in total. The van der Waals surface area contributed by atoms with E-state index in [-0.39, 0.29) is 23.0 Å². The van der Waals surface area contributed by atoms with Gasteiger partial charge in [-0.25, -0.2) is 13.6 Å². The summed E-state index contributed by atoms with van der Waals surface area (Å²) >= 11 is 0. The number of nitrogens with one attached hydrogen (secondary N) is 2. The molecular formula is C21H27F2N3O3. The van der Waals surface area contributed by atoms with Crippen LogP contribution in [-0.4, -0.2) is 28.6 Å². The number of amides is 2. The second-order valence-electron chi connectivity index (χ2n) is 8.73. The van der Waals surface area contributed by atoms with E-state index < -0.39 is 34.8 Å². The second-order valence-corrected chi connectivity index (χ2v) is 8.73. The molecule has 158 valence electrons. The summed E-state index contributed by atoms with van der Waals surface area (Å²) in [5.41, 5.74) is 5.32. The number of benzene rings is 1. The fourth-order valence-electron chi connectivity index (χ4n) is 4.14. The summed E-state index contributed by atoms with van der Waals surface area (Å²) in [7, 11) is 0. The summed E-state index contributed by atoms with van der Waals surface area (Å²) in [5.74, 6) is -3.61. The Morgan fingerprint density at radius 1 is 1.24 bits per heavy atom. The van der Waals surface area contributed by atoms with Crippen LogP contribution >= 0.6 is 0 Å². The lowest BCUT2D eigenvalue weighted by molar-refractivity contribution is 0.0490. The molecule has 1 heterocycles. The molecule has 1 saturated carbocycles. The zero-order valence-electron chi connectivity index (χ0n) is 17.1. The highest BCUT2D eigenvalue weighted by Gasteiger charge is 2.32. The van der Waals surface area contributed by atoms with E-state index in [1.165, 1.54) is 0 Å². The van der Waals surface area contributed by atoms with Crippen molar-refractivity contribution in [2.24, 2.45) is 5.73 Å². The van der Waals surface area contributed by atoms with Crippen LogP contribution in [0, 0.1) is 18.6 Å². The molecule has 1 fully saturated rings. The minimum absolute atomic E-state index is 0.211. The highest BCUT2D eigenvalue weighted by atomic mass is 19.2. The average molecular weight is 407 g/mol. The molecule has 1 aromatic heterocycles. The summed E-state index contributed by atoms with van der Waals surface area (Å²) in [6.45, 7) is 7.08. The number of alkyl carbamates (subject to hydrolysis) is 1. The van der Waals surface area contributed by atoms with Gasteiger partial charge in [0, 0.05) is 22.7 Å². The van der Waals surface area contributed by atoms with Crippen LogP contribution < -0.4 is 11.1 Å². The van der Waals surface area contributed by atoms with E-state index >= 15 is 4.39 Å². The maximum Gasteiger partial charge on any atom is 0.407 e. The molecule has 2 amide bonds. The maximum atomic E-state index is 15.0. The molecule has 0 spiro atoms. The SMILES string of the molecule is Cc1cc2c(C3CCCC(NC(=O)OC(C)(C)C)C3)c(F)c(F)c(C(N)=O)c2[nH]1. The number of hydrogen-bond acceptors (Lipinski definition) is 3. The summed E-state index contributed by atoms with van der Waals surface area (Å²) in [6, 6.07) is 1.49. The number of H-pyrrole nitrogens is 1. The summed E-state index contributed by atoms with van der Waals surface area (Å²) in [4.78, 5) is 26.7. The number of rotatable bonds is 3. The van der Waals surface area contributed by atoms with Crippen molar-refractivity contribution in [2.75, 3.05) is 0 Å². The Bertz CT molecular complexity index is 962. The van der Waals surface area contributed by atoms with Gasteiger partial charge < -0.3 is 20.8 Å². The number of hydrogen-bond donors (Lipinski definition) is 3. The predicted octanol–water partition coefficient (Wildman–Crippen LogP) is 4.40. The molecule has 2 aromatic rings. The van der Waals surface area contributed by atoms with Gasteiger partial charge in [0.1, 0.15) is 11.2 Å². The van der Waals surface area contributed by atoms with Gasteiger partial charge in [-0.3, -0.25) is 4.79 Å². The number of carbonyl (C=O) groups excluding carboxylic acids is 2. The van der Waals surface area contributed by atoms with Crippen LogP contribution in [0.3, 0.4) is 0 Å². The molecule has 1 aliphatic rings. The topological polar surface area (TPSA) is 97.2 Å². The Kier molecular flexibility index (Phi) is 5.56. The van der Waals surface area contributed by atoms with Crippen molar-refractivity contribution in [3.05, 3.63) is 34.5 Å². The van der Waals surface area contributed by atoms with E-state index in [1.54, 1.807) is 33.8 Å². The number of halogens is 2. The van der Waals surface area contributed by atoms with E-state index in [9.17, 15) is 14.0 Å². The summed E-state index contributed by atoms with van der Waals surface area (Å²) in [6.07, 6.45) is 2.05. The van der Waals surface area contributed by atoms with Crippen molar-refractivity contribution in [1.82, 2.24) is 10.3 Å². The molecule has 1 aliphatic carbocycles. The Morgan fingerprint density at radius 2 is 1.93 bits per heavy atom. The van der Waals surface area contributed by atoms with Crippen molar-refractivity contribution < 1.29 is 23.1 Å². The van der Waals surface area contributed by atoms with E-state index in [0.29, 0.717) is 23.9 Å². The van der Waals surface area contributed by atoms with Gasteiger partial charge in [0.05, 0.1) is 5.52 Å². The monoisotopic (exact) mass is 407 g/mol. The first-order valence-electron chi connectivity index (χ1n) is 9.77. The molecule has 0 aliphatic heterocycles. The van der Waals surface area contributed by atoms with Crippen molar-refractivity contribution in [3.8, 4) is 0 Å². The highest BCUT2D eigenvalue weighted by Crippen LogP contribution is 2.40. The zero-order chi connectivity index (χ0) is 21.5. The molecule has 29 heavy (non-hydrogen) atoms. The van der Waals surface area contributed by atoms with Crippen molar-refractivity contribution in [2.45, 2.75) is 70.9 Å². The molecule has 2 unspecified atom stereocenters. The van der Waals surface area contributed by atoms with Crippen LogP contribution in [0.2, 0.25) is 0 Å². The standard InChI is InChI=1S/C21H27F2N3O3/c1-10-8-13-14(16(22)17(23)15(19(24)27)18(13)25-10)11-6-5-7-12(9-11)26-20(28)29-21(2,3)4/h8,11-12,25H,5-7,9H2,1-4H3,(H2,24,27)(H,26,28). The van der Waals surface area contributed by atoms with Gasteiger partial charge in [-0.2, -0.15) is 0 Å². The lowest BCUT2D eigenvalue weighted by Gasteiger charge is -2.31. The highest BCUT2D eigenvalue weighted by molar-refractivity contribution is 6.06. The average Bonchev–Trinajstić information content (AvgIpc) is 2.94. The quantitative estimate of drug-likeness (QED) is 0.703. The Hall–Kier alpha value is -2.64. The molecule has 2 atom stereocenters. The molecule has 0 bridgehead atoms. The first-order valence-corrected chi connectivity index (χ1v) is 9.77. The smallest absolute Gasteiger partial charge is 0.407 e. The van der Waals surface area contributed by atoms with Gasteiger partial charge in [-0.05, 0) is 58.9 Å². The molecule has 1 aromatic carbocycles. The number of aromatic amines is 1. The van der Waals surface area contributed by atoms with Gasteiger partial charge in [-0.1, -0.05) is 6.42 Å². The van der Waals surface area contributed by atoms with Crippen LogP contribution in [0.25, 0.3) is 10.9 Å². The number of aryl methyl sites for hydroxylation is 1. The fraction of sp³-hybridized carbons (Fsp3) is 0.524. The first kappa shape index (κ1) is 21.1. The van der Waals surface area contributed by atoms with Crippen molar-refractivity contribution >= 4 is 22.9 Å². The van der Waals surface area contributed by atoms with E-state index in [0.717, 1.165) is 12.8 Å². The van der Waals surface area contributed by atoms with Gasteiger partial charge in [0.25, 0.3) is 5.91 Å². The van der Waals surface area contributed by atoms with Gasteiger partial charge >= 0.3 is 6.09 Å². The van der Waals surface area contributed by atoms with Crippen LogP contribution in [0.1, 0.15) is 74.0 Å². The third-order valence-corrected chi connectivity index (χ3v) is 5.19. The Balaban J connectivity index is 1.94. The Labute approximate surface area is 168 Å². The maximum absolute atomic E-state index is 15.0. The molecule has 0 radical (unpaired) electrons. The summed E-state index contributed by atoms with van der Waals surface area (Å²) in [5, 5.41) is 3.29. The third kappa shape index (κ3) is 4.36. The number of primary amides is 1. The third-order valence-electron chi connectivity index (χ3n) is 5.19. The van der Waals surface area contributed by atoms with Crippen LogP contribution in [0.4, 0.5) is 13.6 Å². The van der Waals surface area contributed by atoms with Crippen LogP contribution in [0.15, 0.2) is 6.07 Å². The first-order chi connectivity index (χ1) is 13.5. The number of aromatic nitrogens is 1. The Morgan fingerprint density at radius 3 is 2.55 bits per heavy atom.